The van der Waals surface area contributed by atoms with Gasteiger partial charge in [0.05, 0.1) is 5.69 Å². The third-order valence-corrected chi connectivity index (χ3v) is 3.89. The van der Waals surface area contributed by atoms with Gasteiger partial charge in [0, 0.05) is 32.5 Å². The average molecular weight is 267 g/mol. The predicted octanol–water partition coefficient (Wildman–Crippen LogP) is 4.04. The summed E-state index contributed by atoms with van der Waals surface area (Å²) >= 11 is 0. The van der Waals surface area contributed by atoms with Gasteiger partial charge in [0.2, 0.25) is 0 Å². The molecular formula is C13H15FNO2P. The first-order valence-corrected chi connectivity index (χ1v) is 7.64. The van der Waals surface area contributed by atoms with Crippen molar-refractivity contribution >= 4 is 8.15 Å². The second kappa shape index (κ2) is 6.07. The van der Waals surface area contributed by atoms with Gasteiger partial charge >= 0.3 is 0 Å². The van der Waals surface area contributed by atoms with E-state index in [-0.39, 0.29) is 5.82 Å². The molecule has 0 aliphatic rings. The second-order valence-electron chi connectivity index (χ2n) is 3.89. The molecule has 0 bridgehead atoms. The van der Waals surface area contributed by atoms with Crippen LogP contribution in [0.1, 0.15) is 12.6 Å². The zero-order chi connectivity index (χ0) is 13.0. The van der Waals surface area contributed by atoms with Gasteiger partial charge in [-0.25, -0.2) is 4.39 Å². The molecule has 1 aromatic heterocycles. The van der Waals surface area contributed by atoms with Crippen molar-refractivity contribution in [3.8, 4) is 11.3 Å². The van der Waals surface area contributed by atoms with Crippen molar-refractivity contribution in [3.63, 3.8) is 0 Å². The molecule has 0 saturated heterocycles. The molecule has 3 nitrogen and oxygen atoms in total. The lowest BCUT2D eigenvalue weighted by atomic mass is 10.1. The minimum atomic E-state index is -0.500. The van der Waals surface area contributed by atoms with E-state index in [0.717, 1.165) is 17.4 Å². The van der Waals surface area contributed by atoms with Crippen LogP contribution in [-0.2, 0) is 10.7 Å². The standard InChI is InChI=1S/C13H15FNO2P/c1-3-16-18(2)9-12-8-13(17-15-12)10-4-6-11(14)7-5-10/h4-8H,3,9H2,1-2H3. The first-order valence-electron chi connectivity index (χ1n) is 5.74. The van der Waals surface area contributed by atoms with Gasteiger partial charge in [0.25, 0.3) is 0 Å². The van der Waals surface area contributed by atoms with Gasteiger partial charge in [-0.05, 0) is 37.9 Å². The van der Waals surface area contributed by atoms with Crippen molar-refractivity contribution in [1.82, 2.24) is 5.16 Å². The molecular weight excluding hydrogens is 252 g/mol. The maximum absolute atomic E-state index is 12.8. The Balaban J connectivity index is 2.08. The van der Waals surface area contributed by atoms with Crippen LogP contribution >= 0.6 is 8.15 Å². The highest BCUT2D eigenvalue weighted by Gasteiger charge is 2.10. The number of nitrogens with zero attached hydrogens (tertiary/aromatic N) is 1. The van der Waals surface area contributed by atoms with Crippen molar-refractivity contribution in [2.75, 3.05) is 13.3 Å². The van der Waals surface area contributed by atoms with E-state index in [1.807, 2.05) is 13.0 Å². The van der Waals surface area contributed by atoms with Crippen LogP contribution < -0.4 is 0 Å². The van der Waals surface area contributed by atoms with Crippen LogP contribution in [0.3, 0.4) is 0 Å². The van der Waals surface area contributed by atoms with E-state index < -0.39 is 8.15 Å². The fourth-order valence-corrected chi connectivity index (χ4v) is 2.77. The molecule has 1 unspecified atom stereocenters. The quantitative estimate of drug-likeness (QED) is 0.767. The Kier molecular flexibility index (Phi) is 4.45. The average Bonchev–Trinajstić information content (AvgIpc) is 2.78. The van der Waals surface area contributed by atoms with E-state index >= 15 is 0 Å². The van der Waals surface area contributed by atoms with Crippen LogP contribution in [0.5, 0.6) is 0 Å². The number of hydrogen-bond acceptors (Lipinski definition) is 3. The zero-order valence-corrected chi connectivity index (χ0v) is 11.3. The summed E-state index contributed by atoms with van der Waals surface area (Å²) in [6.45, 7) is 4.75. The summed E-state index contributed by atoms with van der Waals surface area (Å²) in [4.78, 5) is 0. The van der Waals surface area contributed by atoms with Crippen molar-refractivity contribution < 1.29 is 13.4 Å². The van der Waals surface area contributed by atoms with Crippen LogP contribution in [0.4, 0.5) is 4.39 Å². The first-order chi connectivity index (χ1) is 8.69. The highest BCUT2D eigenvalue weighted by Crippen LogP contribution is 2.36. The summed E-state index contributed by atoms with van der Waals surface area (Å²) < 4.78 is 23.6. The Morgan fingerprint density at radius 3 is 2.72 bits per heavy atom. The normalized spacial score (nSPS) is 12.6. The molecule has 0 aliphatic carbocycles. The zero-order valence-electron chi connectivity index (χ0n) is 10.4. The molecule has 2 aromatic rings. The molecule has 2 rings (SSSR count). The predicted molar refractivity (Wildman–Crippen MR) is 70.1 cm³/mol. The van der Waals surface area contributed by atoms with Crippen LogP contribution in [0.15, 0.2) is 34.9 Å². The summed E-state index contributed by atoms with van der Waals surface area (Å²) in [7, 11) is -0.500. The van der Waals surface area contributed by atoms with Crippen molar-refractivity contribution in [1.29, 1.82) is 0 Å². The largest absolute Gasteiger partial charge is 0.359 e. The Labute approximate surface area is 107 Å². The lowest BCUT2D eigenvalue weighted by Crippen LogP contribution is -1.87. The minimum absolute atomic E-state index is 0.257. The SMILES string of the molecule is CCOP(C)Cc1cc(-c2ccc(F)cc2)on1. The van der Waals surface area contributed by atoms with Crippen LogP contribution in [-0.4, -0.2) is 18.4 Å². The number of hydrogen-bond donors (Lipinski definition) is 0. The molecule has 0 saturated carbocycles. The molecule has 5 heteroatoms. The molecule has 0 spiro atoms. The molecule has 1 aromatic carbocycles. The Morgan fingerprint density at radius 2 is 2.06 bits per heavy atom. The van der Waals surface area contributed by atoms with Gasteiger partial charge in [0.1, 0.15) is 5.82 Å². The number of rotatable bonds is 5. The van der Waals surface area contributed by atoms with E-state index in [1.54, 1.807) is 12.1 Å². The molecule has 0 N–H and O–H groups in total. The Morgan fingerprint density at radius 1 is 1.33 bits per heavy atom. The van der Waals surface area contributed by atoms with Gasteiger partial charge in [-0.15, -0.1) is 0 Å². The van der Waals surface area contributed by atoms with Gasteiger partial charge in [-0.1, -0.05) is 5.16 Å². The first kappa shape index (κ1) is 13.2. The van der Waals surface area contributed by atoms with Gasteiger partial charge < -0.3 is 9.05 Å². The second-order valence-corrected chi connectivity index (χ2v) is 5.72. The van der Waals surface area contributed by atoms with Crippen molar-refractivity contribution in [2.24, 2.45) is 0 Å². The lowest BCUT2D eigenvalue weighted by molar-refractivity contribution is 0.378. The molecule has 0 aliphatic heterocycles. The molecule has 0 amide bonds. The minimum Gasteiger partial charge on any atom is -0.359 e. The molecule has 0 radical (unpaired) electrons. The van der Waals surface area contributed by atoms with Gasteiger partial charge in [-0.2, -0.15) is 0 Å². The van der Waals surface area contributed by atoms with Crippen molar-refractivity contribution in [3.05, 3.63) is 41.8 Å². The topological polar surface area (TPSA) is 35.3 Å². The van der Waals surface area contributed by atoms with E-state index in [4.69, 9.17) is 9.05 Å². The molecule has 1 heterocycles. The summed E-state index contributed by atoms with van der Waals surface area (Å²) in [6, 6.07) is 8.05. The molecule has 1 atom stereocenters. The molecule has 18 heavy (non-hydrogen) atoms. The Bertz CT molecular complexity index is 498. The van der Waals surface area contributed by atoms with E-state index in [1.165, 1.54) is 12.1 Å². The van der Waals surface area contributed by atoms with Gasteiger partial charge in [-0.3, -0.25) is 0 Å². The van der Waals surface area contributed by atoms with E-state index in [0.29, 0.717) is 12.4 Å². The molecule has 0 fully saturated rings. The smallest absolute Gasteiger partial charge is 0.167 e. The lowest BCUT2D eigenvalue weighted by Gasteiger charge is -2.07. The maximum Gasteiger partial charge on any atom is 0.167 e. The number of halogens is 1. The summed E-state index contributed by atoms with van der Waals surface area (Å²) in [5.74, 6) is 0.400. The summed E-state index contributed by atoms with van der Waals surface area (Å²) in [5.41, 5.74) is 1.70. The summed E-state index contributed by atoms with van der Waals surface area (Å²) in [6.07, 6.45) is 0.772. The van der Waals surface area contributed by atoms with E-state index in [9.17, 15) is 4.39 Å². The number of aromatic nitrogens is 1. The highest BCUT2D eigenvalue weighted by molar-refractivity contribution is 7.50. The molecule has 96 valence electrons. The maximum atomic E-state index is 12.8. The fraction of sp³-hybridized carbons (Fsp3) is 0.308. The monoisotopic (exact) mass is 267 g/mol. The van der Waals surface area contributed by atoms with Crippen LogP contribution in [0, 0.1) is 5.82 Å². The third kappa shape index (κ3) is 3.37. The van der Waals surface area contributed by atoms with Crippen LogP contribution in [0.2, 0.25) is 0 Å². The summed E-state index contributed by atoms with van der Waals surface area (Å²) in [5, 5.41) is 4.00. The fourth-order valence-electron chi connectivity index (χ4n) is 1.63. The highest BCUT2D eigenvalue weighted by atomic mass is 31.1. The van der Waals surface area contributed by atoms with Gasteiger partial charge in [0.15, 0.2) is 5.76 Å². The van der Waals surface area contributed by atoms with Crippen LogP contribution in [0.25, 0.3) is 11.3 Å². The van der Waals surface area contributed by atoms with Crippen molar-refractivity contribution in [2.45, 2.75) is 13.1 Å². The van der Waals surface area contributed by atoms with E-state index in [2.05, 4.69) is 11.8 Å². The third-order valence-electron chi connectivity index (χ3n) is 2.42. The Hall–Kier alpha value is -1.25. The number of benzene rings is 1.